The highest BCUT2D eigenvalue weighted by Crippen LogP contribution is 2.39. The molecule has 9 heteroatoms. The minimum atomic E-state index is -0.508. The highest BCUT2D eigenvalue weighted by Gasteiger charge is 2.32. The van der Waals surface area contributed by atoms with Crippen LogP contribution in [-0.2, 0) is 20.9 Å². The maximum absolute atomic E-state index is 12.9. The smallest absolute Gasteiger partial charge is 0.344 e. The first-order valence-corrected chi connectivity index (χ1v) is 11.0. The number of nitrogens with zero attached hydrogens (tertiary/aromatic N) is 1. The van der Waals surface area contributed by atoms with Crippen LogP contribution in [0.5, 0.6) is 11.5 Å². The van der Waals surface area contributed by atoms with Crippen LogP contribution in [0.4, 0.5) is 0 Å². The molecule has 1 aliphatic rings. The van der Waals surface area contributed by atoms with Crippen LogP contribution in [0, 0.1) is 0 Å². The molecular weight excluding hydrogens is 458 g/mol. The molecule has 0 aromatic heterocycles. The zero-order chi connectivity index (χ0) is 22.4. The average Bonchev–Trinajstić information content (AvgIpc) is 3.01. The van der Waals surface area contributed by atoms with Crippen LogP contribution in [0.15, 0.2) is 47.4 Å². The second kappa shape index (κ2) is 10.7. The Morgan fingerprint density at radius 2 is 2.00 bits per heavy atom. The van der Waals surface area contributed by atoms with Crippen LogP contribution < -0.4 is 9.47 Å². The summed E-state index contributed by atoms with van der Waals surface area (Å²) in [5, 5.41) is 0.245. The van der Waals surface area contributed by atoms with Gasteiger partial charge in [-0.15, -0.1) is 0 Å². The number of esters is 1. The Kier molecular flexibility index (Phi) is 7.95. The third kappa shape index (κ3) is 5.78. The predicted molar refractivity (Wildman–Crippen MR) is 125 cm³/mol. The fraction of sp³-hybridized carbons (Fsp3) is 0.227. The van der Waals surface area contributed by atoms with Gasteiger partial charge < -0.3 is 14.2 Å². The fourth-order valence-electron chi connectivity index (χ4n) is 2.85. The molecular formula is C22H20ClNO5S2. The molecule has 0 aliphatic carbocycles. The van der Waals surface area contributed by atoms with E-state index in [0.717, 1.165) is 5.56 Å². The summed E-state index contributed by atoms with van der Waals surface area (Å²) in [4.78, 5) is 26.5. The third-order valence-corrected chi connectivity index (χ3v) is 5.90. The number of ether oxygens (including phenoxy) is 3. The van der Waals surface area contributed by atoms with Gasteiger partial charge in [0.1, 0.15) is 4.32 Å². The Bertz CT molecular complexity index is 1030. The van der Waals surface area contributed by atoms with Crippen LogP contribution in [0.2, 0.25) is 5.02 Å². The molecule has 0 radical (unpaired) electrons. The standard InChI is InChI=1S/C22H20ClNO5S2/c1-3-28-19(25)13-29-20-16(23)9-15(10-17(20)27-2)11-18-21(26)24(22(30)31-18)12-14-7-5-4-6-8-14/h4-11H,3,12-13H2,1-2H3/b18-11+. The van der Waals surface area contributed by atoms with Gasteiger partial charge in [0.15, 0.2) is 18.1 Å². The first-order valence-electron chi connectivity index (χ1n) is 9.38. The van der Waals surface area contributed by atoms with Gasteiger partial charge in [0, 0.05) is 0 Å². The van der Waals surface area contributed by atoms with Gasteiger partial charge in [0.2, 0.25) is 0 Å². The minimum Gasteiger partial charge on any atom is -0.493 e. The molecule has 0 bridgehead atoms. The van der Waals surface area contributed by atoms with Crippen molar-refractivity contribution in [1.82, 2.24) is 4.90 Å². The summed E-state index contributed by atoms with van der Waals surface area (Å²) < 4.78 is 16.2. The first kappa shape index (κ1) is 23.1. The van der Waals surface area contributed by atoms with Gasteiger partial charge >= 0.3 is 5.97 Å². The Hall–Kier alpha value is -2.55. The number of benzene rings is 2. The van der Waals surface area contributed by atoms with Crippen LogP contribution >= 0.6 is 35.6 Å². The van der Waals surface area contributed by atoms with E-state index in [-0.39, 0.29) is 29.9 Å². The van der Waals surface area contributed by atoms with E-state index in [1.807, 2.05) is 30.3 Å². The Balaban J connectivity index is 1.79. The number of thioether (sulfide) groups is 1. The van der Waals surface area contributed by atoms with E-state index in [2.05, 4.69) is 0 Å². The second-order valence-electron chi connectivity index (χ2n) is 6.38. The van der Waals surface area contributed by atoms with Gasteiger partial charge in [0.25, 0.3) is 5.91 Å². The van der Waals surface area contributed by atoms with E-state index in [4.69, 9.17) is 38.0 Å². The summed E-state index contributed by atoms with van der Waals surface area (Å²) in [6.45, 7) is 2.09. The third-order valence-electron chi connectivity index (χ3n) is 4.25. The van der Waals surface area contributed by atoms with Crippen molar-refractivity contribution in [2.24, 2.45) is 0 Å². The summed E-state index contributed by atoms with van der Waals surface area (Å²) >= 11 is 13.0. The van der Waals surface area contributed by atoms with Crippen molar-refractivity contribution in [3.8, 4) is 11.5 Å². The van der Waals surface area contributed by atoms with Gasteiger partial charge in [-0.3, -0.25) is 9.69 Å². The molecule has 2 aromatic carbocycles. The number of hydrogen-bond acceptors (Lipinski definition) is 7. The van der Waals surface area contributed by atoms with E-state index >= 15 is 0 Å². The molecule has 0 atom stereocenters. The number of carbonyl (C=O) groups excluding carboxylic acids is 2. The molecule has 2 aromatic rings. The van der Waals surface area contributed by atoms with E-state index < -0.39 is 5.97 Å². The molecule has 1 aliphatic heterocycles. The molecule has 0 unspecified atom stereocenters. The van der Waals surface area contributed by atoms with E-state index in [0.29, 0.717) is 27.1 Å². The summed E-state index contributed by atoms with van der Waals surface area (Å²) in [5.74, 6) is -0.114. The molecule has 0 spiro atoms. The zero-order valence-electron chi connectivity index (χ0n) is 16.9. The highest BCUT2D eigenvalue weighted by atomic mass is 35.5. The summed E-state index contributed by atoms with van der Waals surface area (Å²) in [7, 11) is 1.46. The number of methoxy groups -OCH3 is 1. The molecule has 1 saturated heterocycles. The lowest BCUT2D eigenvalue weighted by Crippen LogP contribution is -2.27. The van der Waals surface area contributed by atoms with Gasteiger partial charge in [0.05, 0.1) is 30.2 Å². The Morgan fingerprint density at radius 3 is 2.68 bits per heavy atom. The lowest BCUT2D eigenvalue weighted by atomic mass is 10.1. The van der Waals surface area contributed by atoms with Crippen LogP contribution in [0.1, 0.15) is 18.1 Å². The van der Waals surface area contributed by atoms with Gasteiger partial charge in [-0.25, -0.2) is 4.79 Å². The van der Waals surface area contributed by atoms with Crippen molar-refractivity contribution in [3.05, 3.63) is 63.5 Å². The summed E-state index contributed by atoms with van der Waals surface area (Å²) in [6, 6.07) is 13.0. The minimum absolute atomic E-state index is 0.170. The lowest BCUT2D eigenvalue weighted by Gasteiger charge is -2.14. The number of halogens is 1. The SMILES string of the molecule is CCOC(=O)COc1c(Cl)cc(/C=C2/SC(=S)N(Cc3ccccc3)C2=O)cc1OC. The quantitative estimate of drug-likeness (QED) is 0.310. The monoisotopic (exact) mass is 477 g/mol. The van der Waals surface area contributed by atoms with Crippen molar-refractivity contribution in [2.75, 3.05) is 20.3 Å². The summed E-state index contributed by atoms with van der Waals surface area (Å²) in [5.41, 5.74) is 1.64. The van der Waals surface area contributed by atoms with Gasteiger partial charge in [-0.2, -0.15) is 0 Å². The highest BCUT2D eigenvalue weighted by molar-refractivity contribution is 8.26. The van der Waals surface area contributed by atoms with E-state index in [9.17, 15) is 9.59 Å². The number of hydrogen-bond donors (Lipinski definition) is 0. The van der Waals surface area contributed by atoms with Gasteiger partial charge in [-0.1, -0.05) is 65.9 Å². The van der Waals surface area contributed by atoms with Crippen LogP contribution in [-0.4, -0.2) is 41.4 Å². The average molecular weight is 478 g/mol. The molecule has 0 saturated carbocycles. The van der Waals surface area contributed by atoms with Crippen molar-refractivity contribution in [2.45, 2.75) is 13.5 Å². The maximum Gasteiger partial charge on any atom is 0.344 e. The van der Waals surface area contributed by atoms with E-state index in [1.165, 1.54) is 18.9 Å². The normalized spacial score (nSPS) is 14.8. The maximum atomic E-state index is 12.9. The summed E-state index contributed by atoms with van der Waals surface area (Å²) in [6.07, 6.45) is 1.70. The van der Waals surface area contributed by atoms with Gasteiger partial charge in [-0.05, 0) is 36.3 Å². The van der Waals surface area contributed by atoms with Crippen LogP contribution in [0.25, 0.3) is 6.08 Å². The Morgan fingerprint density at radius 1 is 1.26 bits per heavy atom. The fourth-order valence-corrected chi connectivity index (χ4v) is 4.38. The predicted octanol–water partition coefficient (Wildman–Crippen LogP) is 4.69. The van der Waals surface area contributed by atoms with Crippen molar-refractivity contribution in [1.29, 1.82) is 0 Å². The molecule has 31 heavy (non-hydrogen) atoms. The largest absolute Gasteiger partial charge is 0.493 e. The second-order valence-corrected chi connectivity index (χ2v) is 8.46. The first-order chi connectivity index (χ1) is 14.9. The molecule has 1 amide bonds. The van der Waals surface area contributed by atoms with Crippen molar-refractivity contribution >= 4 is 57.9 Å². The molecule has 0 N–H and O–H groups in total. The lowest BCUT2D eigenvalue weighted by molar-refractivity contribution is -0.145. The number of rotatable bonds is 8. The van der Waals surface area contributed by atoms with Crippen molar-refractivity contribution < 1.29 is 23.8 Å². The molecule has 1 fully saturated rings. The van der Waals surface area contributed by atoms with Crippen LogP contribution in [0.3, 0.4) is 0 Å². The molecule has 1 heterocycles. The van der Waals surface area contributed by atoms with E-state index in [1.54, 1.807) is 30.0 Å². The van der Waals surface area contributed by atoms with Crippen molar-refractivity contribution in [3.63, 3.8) is 0 Å². The number of amides is 1. The number of thiocarbonyl (C=S) groups is 1. The topological polar surface area (TPSA) is 65.1 Å². The Labute approximate surface area is 195 Å². The number of carbonyl (C=O) groups is 2. The zero-order valence-corrected chi connectivity index (χ0v) is 19.3. The molecule has 6 nitrogen and oxygen atoms in total. The molecule has 3 rings (SSSR count). The molecule has 162 valence electrons.